The molecule has 0 heterocycles. The van der Waals surface area contributed by atoms with Crippen LogP contribution in [-0.4, -0.2) is 27.6 Å². The topological polar surface area (TPSA) is 74.6 Å². The van der Waals surface area contributed by atoms with Gasteiger partial charge in [0, 0.05) is 12.3 Å². The number of Topliss-reactive ketones (excluding diaryl/α,β-unsaturated/α-hetero) is 1. The first-order valence-electron chi connectivity index (χ1n) is 10.0. The summed E-state index contributed by atoms with van der Waals surface area (Å²) >= 11 is 0. The first kappa shape index (κ1) is 22.4. The monoisotopic (exact) mass is 362 g/mol. The van der Waals surface area contributed by atoms with Gasteiger partial charge in [-0.1, -0.05) is 57.9 Å². The fourth-order valence-corrected chi connectivity index (χ4v) is 3.83. The number of aliphatic hydroxyl groups is 1. The second kappa shape index (κ2) is 11.2. The van der Waals surface area contributed by atoms with Crippen molar-refractivity contribution in [2.45, 2.75) is 83.7 Å². The summed E-state index contributed by atoms with van der Waals surface area (Å²) in [6.45, 7) is 4.16. The van der Waals surface area contributed by atoms with Gasteiger partial charge >= 0.3 is 5.97 Å². The van der Waals surface area contributed by atoms with Crippen LogP contribution in [0, 0.1) is 30.1 Å². The third-order valence-electron chi connectivity index (χ3n) is 5.46. The Morgan fingerprint density at radius 2 is 1.96 bits per heavy atom. The van der Waals surface area contributed by atoms with Crippen LogP contribution >= 0.6 is 0 Å². The van der Waals surface area contributed by atoms with Gasteiger partial charge in [-0.05, 0) is 37.7 Å². The number of carbonyl (C=O) groups excluding carboxylic acids is 1. The van der Waals surface area contributed by atoms with Crippen LogP contribution in [0.3, 0.4) is 0 Å². The van der Waals surface area contributed by atoms with Crippen molar-refractivity contribution in [2.24, 2.45) is 17.8 Å². The average Bonchev–Trinajstić information content (AvgIpc) is 2.97. The van der Waals surface area contributed by atoms with Crippen molar-refractivity contribution in [1.29, 1.82) is 0 Å². The molecule has 1 unspecified atom stereocenters. The molecule has 0 spiro atoms. The van der Waals surface area contributed by atoms with Crippen molar-refractivity contribution in [3.63, 3.8) is 0 Å². The van der Waals surface area contributed by atoms with Gasteiger partial charge in [0.15, 0.2) is 0 Å². The number of unbranched alkanes of at least 4 members (excludes halogenated alkanes) is 4. The van der Waals surface area contributed by atoms with E-state index in [-0.39, 0.29) is 11.7 Å². The Labute approximate surface area is 158 Å². The van der Waals surface area contributed by atoms with E-state index in [0.717, 1.165) is 38.5 Å². The highest BCUT2D eigenvalue weighted by Crippen LogP contribution is 2.38. The summed E-state index contributed by atoms with van der Waals surface area (Å²) < 4.78 is 0. The maximum Gasteiger partial charge on any atom is 0.307 e. The highest BCUT2D eigenvalue weighted by molar-refractivity contribution is 5.88. The third-order valence-corrected chi connectivity index (χ3v) is 5.46. The molecule has 0 aromatic heterocycles. The minimum absolute atomic E-state index is 0.0266. The molecule has 1 fully saturated rings. The minimum Gasteiger partial charge on any atom is -0.481 e. The lowest BCUT2D eigenvalue weighted by molar-refractivity contribution is -0.147. The molecule has 0 saturated heterocycles. The largest absolute Gasteiger partial charge is 0.481 e. The van der Waals surface area contributed by atoms with Crippen LogP contribution in [0.5, 0.6) is 0 Å². The predicted molar refractivity (Wildman–Crippen MR) is 104 cm³/mol. The first-order chi connectivity index (χ1) is 12.4. The van der Waals surface area contributed by atoms with Crippen molar-refractivity contribution in [2.75, 3.05) is 0 Å². The zero-order chi connectivity index (χ0) is 19.6. The number of ketones is 1. The van der Waals surface area contributed by atoms with Crippen LogP contribution in [0.4, 0.5) is 0 Å². The van der Waals surface area contributed by atoms with Gasteiger partial charge in [-0.2, -0.15) is 0 Å². The smallest absolute Gasteiger partial charge is 0.307 e. The Morgan fingerprint density at radius 1 is 1.31 bits per heavy atom. The number of terminal acetylenes is 1. The highest BCUT2D eigenvalue weighted by Gasteiger charge is 2.42. The van der Waals surface area contributed by atoms with E-state index in [1.165, 1.54) is 0 Å². The highest BCUT2D eigenvalue weighted by atomic mass is 16.4. The van der Waals surface area contributed by atoms with Crippen LogP contribution in [0.15, 0.2) is 12.2 Å². The van der Waals surface area contributed by atoms with Crippen molar-refractivity contribution in [3.8, 4) is 12.3 Å². The molecular formula is C22H34O4. The summed E-state index contributed by atoms with van der Waals surface area (Å²) in [6.07, 6.45) is 16.7. The van der Waals surface area contributed by atoms with Gasteiger partial charge in [0.05, 0.1) is 5.92 Å². The van der Waals surface area contributed by atoms with E-state index in [4.69, 9.17) is 6.42 Å². The lowest BCUT2D eigenvalue weighted by Gasteiger charge is -2.24. The van der Waals surface area contributed by atoms with E-state index < -0.39 is 23.4 Å². The zero-order valence-corrected chi connectivity index (χ0v) is 16.2. The average molecular weight is 363 g/mol. The molecule has 0 aromatic carbocycles. The minimum atomic E-state index is -1.31. The predicted octanol–water partition coefficient (Wildman–Crippen LogP) is 4.36. The Hall–Kier alpha value is -1.60. The molecule has 26 heavy (non-hydrogen) atoms. The number of rotatable bonds is 12. The molecular weight excluding hydrogens is 328 g/mol. The fourth-order valence-electron chi connectivity index (χ4n) is 3.83. The van der Waals surface area contributed by atoms with Crippen molar-refractivity contribution in [1.82, 2.24) is 0 Å². The standard InChI is InChI=1S/C22H34O4/c1-4-7-9-11-18(21(24)25)20-17(12-13-19(20)23)14-16-22(26,6-3)15-10-8-5-2/h3,14,16-18,20,26H,4-5,7-13,15H2,1-2H3,(H,24,25)/t17-,18?,20-,22-/m1/s1. The van der Waals surface area contributed by atoms with Gasteiger partial charge in [-0.15, -0.1) is 6.42 Å². The number of hydrogen-bond acceptors (Lipinski definition) is 3. The van der Waals surface area contributed by atoms with Crippen LogP contribution in [0.2, 0.25) is 0 Å². The molecule has 0 aliphatic heterocycles. The van der Waals surface area contributed by atoms with Crippen LogP contribution in [-0.2, 0) is 9.59 Å². The van der Waals surface area contributed by atoms with Gasteiger partial charge in [-0.3, -0.25) is 9.59 Å². The Morgan fingerprint density at radius 3 is 2.54 bits per heavy atom. The van der Waals surface area contributed by atoms with Gasteiger partial charge in [0.1, 0.15) is 11.4 Å². The van der Waals surface area contributed by atoms with E-state index in [0.29, 0.717) is 25.7 Å². The van der Waals surface area contributed by atoms with Crippen molar-refractivity contribution in [3.05, 3.63) is 12.2 Å². The van der Waals surface area contributed by atoms with Crippen LogP contribution in [0.1, 0.15) is 78.1 Å². The second-order valence-corrected chi connectivity index (χ2v) is 7.52. The maximum absolute atomic E-state index is 12.4. The third kappa shape index (κ3) is 6.61. The Bertz CT molecular complexity index is 531. The van der Waals surface area contributed by atoms with Crippen molar-refractivity contribution >= 4 is 11.8 Å². The molecule has 4 heteroatoms. The number of carbonyl (C=O) groups is 2. The lowest BCUT2D eigenvalue weighted by atomic mass is 9.79. The normalized spacial score (nSPS) is 23.7. The molecule has 1 aliphatic rings. The molecule has 2 N–H and O–H groups in total. The zero-order valence-electron chi connectivity index (χ0n) is 16.2. The van der Waals surface area contributed by atoms with Crippen molar-refractivity contribution < 1.29 is 19.8 Å². The number of carboxylic acid groups (broad SMARTS) is 1. The van der Waals surface area contributed by atoms with E-state index in [9.17, 15) is 19.8 Å². The quantitative estimate of drug-likeness (QED) is 0.307. The SMILES string of the molecule is C#C[C@](O)(C=C[C@H]1CCC(=O)[C@H]1C(CCCCC)C(=O)O)CCCCC. The van der Waals surface area contributed by atoms with E-state index in [1.54, 1.807) is 12.2 Å². The molecule has 0 radical (unpaired) electrons. The molecule has 1 rings (SSSR count). The molecule has 1 aliphatic carbocycles. The molecule has 4 atom stereocenters. The maximum atomic E-state index is 12.4. The molecule has 146 valence electrons. The summed E-state index contributed by atoms with van der Waals surface area (Å²) in [6, 6.07) is 0. The number of allylic oxidation sites excluding steroid dienone is 1. The molecule has 0 bridgehead atoms. The van der Waals surface area contributed by atoms with Crippen LogP contribution < -0.4 is 0 Å². The Kier molecular flexibility index (Phi) is 9.65. The van der Waals surface area contributed by atoms with E-state index in [2.05, 4.69) is 19.8 Å². The first-order valence-corrected chi connectivity index (χ1v) is 10.0. The van der Waals surface area contributed by atoms with E-state index >= 15 is 0 Å². The second-order valence-electron chi connectivity index (χ2n) is 7.52. The summed E-state index contributed by atoms with van der Waals surface area (Å²) in [5.74, 6) is 0.276. The van der Waals surface area contributed by atoms with Gasteiger partial charge < -0.3 is 10.2 Å². The van der Waals surface area contributed by atoms with Gasteiger partial charge in [0.25, 0.3) is 0 Å². The van der Waals surface area contributed by atoms with Gasteiger partial charge in [0.2, 0.25) is 0 Å². The molecule has 0 amide bonds. The number of hydrogen-bond donors (Lipinski definition) is 2. The number of carboxylic acids is 1. The number of aliphatic carboxylic acids is 1. The molecule has 0 aromatic rings. The summed E-state index contributed by atoms with van der Waals surface area (Å²) in [5, 5.41) is 20.2. The van der Waals surface area contributed by atoms with E-state index in [1.807, 2.05) is 0 Å². The summed E-state index contributed by atoms with van der Waals surface area (Å²) in [5.41, 5.74) is -1.31. The molecule has 4 nitrogen and oxygen atoms in total. The van der Waals surface area contributed by atoms with Gasteiger partial charge in [-0.25, -0.2) is 0 Å². The Balaban J connectivity index is 2.86. The lowest BCUT2D eigenvalue weighted by Crippen LogP contribution is -2.31. The van der Waals surface area contributed by atoms with Crippen LogP contribution in [0.25, 0.3) is 0 Å². The fraction of sp³-hybridized carbons (Fsp3) is 0.727. The summed E-state index contributed by atoms with van der Waals surface area (Å²) in [7, 11) is 0. The summed E-state index contributed by atoms with van der Waals surface area (Å²) in [4.78, 5) is 24.1. The molecule has 1 saturated carbocycles.